The van der Waals surface area contributed by atoms with E-state index in [0.717, 1.165) is 36.1 Å². The molecular formula is C29H27F3N2O4. The van der Waals surface area contributed by atoms with Crippen molar-refractivity contribution in [3.8, 4) is 11.1 Å². The number of amides is 2. The molecule has 2 N–H and O–H groups in total. The summed E-state index contributed by atoms with van der Waals surface area (Å²) in [5, 5.41) is 5.13. The molecular weight excluding hydrogens is 497 g/mol. The lowest BCUT2D eigenvalue weighted by Crippen LogP contribution is -2.33. The monoisotopic (exact) mass is 524 g/mol. The minimum Gasteiger partial charge on any atom is -0.469 e. The molecule has 3 aromatic rings. The number of carbonyl (C=O) groups is 3. The van der Waals surface area contributed by atoms with E-state index < -0.39 is 23.7 Å². The van der Waals surface area contributed by atoms with Crippen LogP contribution < -0.4 is 10.6 Å². The quantitative estimate of drug-likeness (QED) is 0.264. The molecule has 0 aromatic heterocycles. The van der Waals surface area contributed by atoms with Crippen molar-refractivity contribution < 1.29 is 32.3 Å². The van der Waals surface area contributed by atoms with Gasteiger partial charge in [-0.2, -0.15) is 13.2 Å². The van der Waals surface area contributed by atoms with Gasteiger partial charge in [0.25, 0.3) is 0 Å². The van der Waals surface area contributed by atoms with Gasteiger partial charge in [-0.25, -0.2) is 4.79 Å². The third-order valence-electron chi connectivity index (χ3n) is 6.72. The Balaban J connectivity index is 1.36. The van der Waals surface area contributed by atoms with Gasteiger partial charge in [-0.1, -0.05) is 49.2 Å². The van der Waals surface area contributed by atoms with E-state index >= 15 is 0 Å². The van der Waals surface area contributed by atoms with Gasteiger partial charge in [0.1, 0.15) is 0 Å². The van der Waals surface area contributed by atoms with Gasteiger partial charge in [0.2, 0.25) is 0 Å². The number of esters is 1. The van der Waals surface area contributed by atoms with Crippen LogP contribution in [0.5, 0.6) is 0 Å². The number of alkyl halides is 3. The molecule has 0 saturated heterocycles. The van der Waals surface area contributed by atoms with Gasteiger partial charge in [-0.05, 0) is 60.4 Å². The predicted molar refractivity (Wildman–Crippen MR) is 138 cm³/mol. The summed E-state index contributed by atoms with van der Waals surface area (Å²) in [7, 11) is 1.35. The van der Waals surface area contributed by atoms with Crippen molar-refractivity contribution in [3.63, 3.8) is 0 Å². The van der Waals surface area contributed by atoms with Gasteiger partial charge < -0.3 is 15.4 Å². The third-order valence-corrected chi connectivity index (χ3v) is 6.72. The topological polar surface area (TPSA) is 84.5 Å². The lowest BCUT2D eigenvalue weighted by molar-refractivity contribution is -0.148. The van der Waals surface area contributed by atoms with Crippen LogP contribution in [0.4, 0.5) is 29.3 Å². The van der Waals surface area contributed by atoms with Crippen LogP contribution in [0.25, 0.3) is 11.1 Å². The zero-order valence-electron chi connectivity index (χ0n) is 20.7. The van der Waals surface area contributed by atoms with E-state index in [0.29, 0.717) is 24.1 Å². The number of Topliss-reactive ketones (excluding diaryl/α,β-unsaturated/α-hetero) is 1. The molecule has 0 spiro atoms. The predicted octanol–water partition coefficient (Wildman–Crippen LogP) is 7.18. The first kappa shape index (κ1) is 26.9. The Hall–Kier alpha value is -4.14. The van der Waals surface area contributed by atoms with Crippen LogP contribution >= 0.6 is 0 Å². The second-order valence-corrected chi connectivity index (χ2v) is 9.19. The highest BCUT2D eigenvalue weighted by Crippen LogP contribution is 2.34. The summed E-state index contributed by atoms with van der Waals surface area (Å²) in [4.78, 5) is 37.5. The maximum Gasteiger partial charge on any atom is 0.416 e. The minimum atomic E-state index is -4.44. The van der Waals surface area contributed by atoms with Crippen molar-refractivity contribution in [1.29, 1.82) is 0 Å². The number of ether oxygens (including phenoxy) is 1. The highest BCUT2D eigenvalue weighted by atomic mass is 19.4. The number of carbonyl (C=O) groups excluding carboxylic acids is 3. The summed E-state index contributed by atoms with van der Waals surface area (Å²) < 4.78 is 42.9. The van der Waals surface area contributed by atoms with Crippen molar-refractivity contribution in [3.05, 3.63) is 83.9 Å². The van der Waals surface area contributed by atoms with Crippen molar-refractivity contribution in [2.24, 2.45) is 11.8 Å². The first-order valence-electron chi connectivity index (χ1n) is 12.2. The lowest BCUT2D eigenvalue weighted by atomic mass is 9.75. The SMILES string of the molecule is COC(=O)[C@@H]1CCCC[C@H]1C(=O)c1ccc(-c2ccc(NC(=O)Nc3ccc(C(F)(F)F)cc3)cc2)cc1. The first-order valence-corrected chi connectivity index (χ1v) is 12.2. The van der Waals surface area contributed by atoms with Crippen LogP contribution in [0.15, 0.2) is 72.8 Å². The fraction of sp³-hybridized carbons (Fsp3) is 0.276. The second-order valence-electron chi connectivity index (χ2n) is 9.19. The lowest BCUT2D eigenvalue weighted by Gasteiger charge is -2.28. The van der Waals surface area contributed by atoms with Gasteiger partial charge in [0, 0.05) is 22.9 Å². The first-order chi connectivity index (χ1) is 18.2. The van der Waals surface area contributed by atoms with Gasteiger partial charge in [0.05, 0.1) is 18.6 Å². The molecule has 0 heterocycles. The van der Waals surface area contributed by atoms with Crippen LogP contribution in [0.3, 0.4) is 0 Å². The Morgan fingerprint density at radius 2 is 1.21 bits per heavy atom. The van der Waals surface area contributed by atoms with Gasteiger partial charge in [-0.3, -0.25) is 9.59 Å². The molecule has 9 heteroatoms. The molecule has 0 bridgehead atoms. The van der Waals surface area contributed by atoms with Crippen molar-refractivity contribution in [2.45, 2.75) is 31.9 Å². The number of rotatable bonds is 6. The van der Waals surface area contributed by atoms with Crippen LogP contribution in [0.1, 0.15) is 41.6 Å². The maximum absolute atomic E-state index is 13.1. The number of halogens is 3. The Labute approximate surface area is 218 Å². The minimum absolute atomic E-state index is 0.0507. The summed E-state index contributed by atoms with van der Waals surface area (Å²) in [5.74, 6) is -1.16. The molecule has 198 valence electrons. The fourth-order valence-corrected chi connectivity index (χ4v) is 4.70. The molecule has 1 aliphatic carbocycles. The van der Waals surface area contributed by atoms with Crippen molar-refractivity contribution in [2.75, 3.05) is 17.7 Å². The molecule has 0 aliphatic heterocycles. The van der Waals surface area contributed by atoms with Crippen LogP contribution in [0.2, 0.25) is 0 Å². The fourth-order valence-electron chi connectivity index (χ4n) is 4.70. The number of methoxy groups -OCH3 is 1. The number of urea groups is 1. The summed E-state index contributed by atoms with van der Waals surface area (Å²) in [5.41, 5.74) is 2.21. The number of benzene rings is 3. The average Bonchev–Trinajstić information content (AvgIpc) is 2.92. The molecule has 1 aliphatic rings. The Bertz CT molecular complexity index is 1290. The molecule has 38 heavy (non-hydrogen) atoms. The van der Waals surface area contributed by atoms with Crippen LogP contribution in [0, 0.1) is 11.8 Å². The maximum atomic E-state index is 13.1. The van der Waals surface area contributed by atoms with Gasteiger partial charge in [0.15, 0.2) is 5.78 Å². The van der Waals surface area contributed by atoms with E-state index in [-0.39, 0.29) is 23.4 Å². The largest absolute Gasteiger partial charge is 0.469 e. The standard InChI is InChI=1S/C29H27F3N2O4/c1-38-27(36)25-5-3-2-4-24(25)26(35)20-8-6-18(7-9-20)19-10-14-22(15-11-19)33-28(37)34-23-16-12-21(13-17-23)29(30,31)32/h6-17,24-25H,2-5H2,1H3,(H2,33,34,37)/t24-,25-/m1/s1. The zero-order chi connectivity index (χ0) is 27.3. The Morgan fingerprint density at radius 1 is 0.737 bits per heavy atom. The molecule has 1 fully saturated rings. The normalized spacial score (nSPS) is 17.4. The zero-order valence-corrected chi connectivity index (χ0v) is 20.7. The van der Waals surface area contributed by atoms with E-state index in [1.54, 1.807) is 36.4 Å². The van der Waals surface area contributed by atoms with Gasteiger partial charge in [-0.15, -0.1) is 0 Å². The molecule has 1 saturated carbocycles. The van der Waals surface area contributed by atoms with E-state index in [4.69, 9.17) is 4.74 Å². The van der Waals surface area contributed by atoms with Crippen LogP contribution in [-0.4, -0.2) is 24.9 Å². The van der Waals surface area contributed by atoms with Crippen molar-refractivity contribution >= 4 is 29.2 Å². The highest BCUT2D eigenvalue weighted by molar-refractivity contribution is 6.01. The molecule has 4 rings (SSSR count). The van der Waals surface area contributed by atoms with Gasteiger partial charge >= 0.3 is 18.2 Å². The average molecular weight is 525 g/mol. The summed E-state index contributed by atoms with van der Waals surface area (Å²) >= 11 is 0. The molecule has 0 unspecified atom stereocenters. The van der Waals surface area contributed by atoms with E-state index in [1.165, 1.54) is 19.2 Å². The molecule has 2 amide bonds. The summed E-state index contributed by atoms with van der Waals surface area (Å²) in [6.07, 6.45) is -1.30. The summed E-state index contributed by atoms with van der Waals surface area (Å²) in [6.45, 7) is 0. The van der Waals surface area contributed by atoms with E-state index in [1.807, 2.05) is 12.1 Å². The molecule has 2 atom stereocenters. The molecule has 3 aromatic carbocycles. The number of anilines is 2. The number of hydrogen-bond donors (Lipinski definition) is 2. The summed E-state index contributed by atoms with van der Waals surface area (Å²) in [6, 6.07) is 17.8. The molecule has 0 radical (unpaired) electrons. The molecule has 6 nitrogen and oxygen atoms in total. The number of hydrogen-bond acceptors (Lipinski definition) is 4. The number of ketones is 1. The van der Waals surface area contributed by atoms with E-state index in [9.17, 15) is 27.6 Å². The second kappa shape index (κ2) is 11.5. The highest BCUT2D eigenvalue weighted by Gasteiger charge is 2.36. The Kier molecular flexibility index (Phi) is 8.14. The van der Waals surface area contributed by atoms with Crippen LogP contribution in [-0.2, 0) is 15.7 Å². The third kappa shape index (κ3) is 6.40. The Morgan fingerprint density at radius 3 is 1.71 bits per heavy atom. The van der Waals surface area contributed by atoms with E-state index in [2.05, 4.69) is 10.6 Å². The number of nitrogens with one attached hydrogen (secondary N) is 2. The van der Waals surface area contributed by atoms with Crippen molar-refractivity contribution in [1.82, 2.24) is 0 Å². The smallest absolute Gasteiger partial charge is 0.416 e.